The van der Waals surface area contributed by atoms with Crippen molar-refractivity contribution in [3.63, 3.8) is 0 Å². The summed E-state index contributed by atoms with van der Waals surface area (Å²) in [6.07, 6.45) is 3.05. The van der Waals surface area contributed by atoms with Crippen molar-refractivity contribution in [2.45, 2.75) is 33.1 Å². The lowest BCUT2D eigenvalue weighted by atomic mass is 10.1. The number of nitrogens with zero attached hydrogens (tertiary/aromatic N) is 1. The number of ether oxygens (including phenoxy) is 2. The lowest BCUT2D eigenvalue weighted by molar-refractivity contribution is 0.108. The number of guanidine groups is 1. The fourth-order valence-electron chi connectivity index (χ4n) is 2.25. The highest BCUT2D eigenvalue weighted by molar-refractivity contribution is 5.79. The summed E-state index contributed by atoms with van der Waals surface area (Å²) < 4.78 is 10.8. The van der Waals surface area contributed by atoms with Gasteiger partial charge >= 0.3 is 0 Å². The van der Waals surface area contributed by atoms with Crippen LogP contribution in [-0.4, -0.2) is 46.4 Å². The summed E-state index contributed by atoms with van der Waals surface area (Å²) in [5.41, 5.74) is 1.29. The van der Waals surface area contributed by atoms with Gasteiger partial charge < -0.3 is 20.1 Å². The van der Waals surface area contributed by atoms with Crippen molar-refractivity contribution in [3.05, 3.63) is 29.8 Å². The van der Waals surface area contributed by atoms with E-state index in [4.69, 9.17) is 9.47 Å². The second-order valence-corrected chi connectivity index (χ2v) is 6.20. The summed E-state index contributed by atoms with van der Waals surface area (Å²) in [5, 5.41) is 6.66. The van der Waals surface area contributed by atoms with Crippen molar-refractivity contribution in [1.82, 2.24) is 10.6 Å². The van der Waals surface area contributed by atoms with Crippen LogP contribution >= 0.6 is 0 Å². The molecule has 1 rings (SSSR count). The standard InChI is InChI=1S/C19H33N3O2/c1-16(2)15-24-13-7-12-22-19(20-3)21-11-6-9-17-8-5-10-18(14-17)23-4/h5,8,10,14,16H,6-7,9,11-13,15H2,1-4H3,(H2,20,21,22). The van der Waals surface area contributed by atoms with Gasteiger partial charge in [0.15, 0.2) is 5.96 Å². The first-order valence-corrected chi connectivity index (χ1v) is 8.81. The number of benzene rings is 1. The van der Waals surface area contributed by atoms with Gasteiger partial charge in [0.05, 0.1) is 7.11 Å². The SMILES string of the molecule is CN=C(NCCCOCC(C)C)NCCCc1cccc(OC)c1. The molecule has 1 aromatic rings. The molecule has 0 aliphatic rings. The molecule has 0 fully saturated rings. The fraction of sp³-hybridized carbons (Fsp3) is 0.632. The van der Waals surface area contributed by atoms with Gasteiger partial charge in [0, 0.05) is 33.4 Å². The maximum absolute atomic E-state index is 5.57. The number of methoxy groups -OCH3 is 1. The van der Waals surface area contributed by atoms with Crippen molar-refractivity contribution in [3.8, 4) is 5.75 Å². The minimum atomic E-state index is 0.594. The molecular formula is C19H33N3O2. The van der Waals surface area contributed by atoms with Crippen LogP contribution in [0.5, 0.6) is 5.75 Å². The van der Waals surface area contributed by atoms with Gasteiger partial charge in [-0.3, -0.25) is 4.99 Å². The zero-order chi connectivity index (χ0) is 17.6. The first-order valence-electron chi connectivity index (χ1n) is 8.81. The highest BCUT2D eigenvalue weighted by atomic mass is 16.5. The molecule has 0 aromatic heterocycles. The maximum Gasteiger partial charge on any atom is 0.190 e. The largest absolute Gasteiger partial charge is 0.497 e. The lowest BCUT2D eigenvalue weighted by Crippen LogP contribution is -2.38. The second kappa shape index (κ2) is 12.6. The van der Waals surface area contributed by atoms with E-state index in [-0.39, 0.29) is 0 Å². The van der Waals surface area contributed by atoms with Crippen LogP contribution < -0.4 is 15.4 Å². The molecule has 0 saturated carbocycles. The zero-order valence-corrected chi connectivity index (χ0v) is 15.6. The van der Waals surface area contributed by atoms with Crippen molar-refractivity contribution in [1.29, 1.82) is 0 Å². The number of hydrogen-bond donors (Lipinski definition) is 2. The molecule has 0 unspecified atom stereocenters. The molecule has 0 spiro atoms. The summed E-state index contributed by atoms with van der Waals surface area (Å²) in [6.45, 7) is 7.70. The molecule has 0 amide bonds. The Morgan fingerprint density at radius 2 is 1.92 bits per heavy atom. The Hall–Kier alpha value is -1.75. The van der Waals surface area contributed by atoms with Crippen LogP contribution in [0.1, 0.15) is 32.3 Å². The molecule has 0 aliphatic carbocycles. The van der Waals surface area contributed by atoms with E-state index in [9.17, 15) is 0 Å². The average Bonchev–Trinajstić information content (AvgIpc) is 2.59. The van der Waals surface area contributed by atoms with Crippen molar-refractivity contribution in [2.24, 2.45) is 10.9 Å². The molecule has 0 bridgehead atoms. The fourth-order valence-corrected chi connectivity index (χ4v) is 2.25. The summed E-state index contributed by atoms with van der Waals surface area (Å²) in [7, 11) is 3.50. The predicted octanol–water partition coefficient (Wildman–Crippen LogP) is 2.86. The number of rotatable bonds is 11. The predicted molar refractivity (Wildman–Crippen MR) is 101 cm³/mol. The molecular weight excluding hydrogens is 302 g/mol. The number of aliphatic imine (C=N–C) groups is 1. The monoisotopic (exact) mass is 335 g/mol. The summed E-state index contributed by atoms with van der Waals surface area (Å²) in [6, 6.07) is 8.22. The van der Waals surface area contributed by atoms with Gasteiger partial charge in [0.25, 0.3) is 0 Å². The Balaban J connectivity index is 2.11. The third-order valence-electron chi connectivity index (χ3n) is 3.50. The number of hydrogen-bond acceptors (Lipinski definition) is 3. The van der Waals surface area contributed by atoms with Gasteiger partial charge in [-0.1, -0.05) is 26.0 Å². The van der Waals surface area contributed by atoms with Gasteiger partial charge in [-0.25, -0.2) is 0 Å². The van der Waals surface area contributed by atoms with Gasteiger partial charge in [-0.05, 0) is 42.9 Å². The Morgan fingerprint density at radius 1 is 1.17 bits per heavy atom. The molecule has 0 atom stereocenters. The molecule has 2 N–H and O–H groups in total. The van der Waals surface area contributed by atoms with Crippen LogP contribution in [0.3, 0.4) is 0 Å². The van der Waals surface area contributed by atoms with Crippen molar-refractivity contribution in [2.75, 3.05) is 40.5 Å². The second-order valence-electron chi connectivity index (χ2n) is 6.20. The third-order valence-corrected chi connectivity index (χ3v) is 3.50. The van der Waals surface area contributed by atoms with Crippen LogP contribution in [0.2, 0.25) is 0 Å². The Morgan fingerprint density at radius 3 is 2.58 bits per heavy atom. The first-order chi connectivity index (χ1) is 11.7. The summed E-state index contributed by atoms with van der Waals surface area (Å²) in [4.78, 5) is 4.24. The normalized spacial score (nSPS) is 11.6. The molecule has 136 valence electrons. The van der Waals surface area contributed by atoms with Crippen LogP contribution in [0.4, 0.5) is 0 Å². The minimum Gasteiger partial charge on any atom is -0.497 e. The van der Waals surface area contributed by atoms with Gasteiger partial charge in [0.1, 0.15) is 5.75 Å². The quantitative estimate of drug-likeness (QED) is 0.371. The minimum absolute atomic E-state index is 0.594. The van der Waals surface area contributed by atoms with E-state index in [1.54, 1.807) is 14.2 Å². The van der Waals surface area contributed by atoms with Crippen molar-refractivity contribution < 1.29 is 9.47 Å². The van der Waals surface area contributed by atoms with Gasteiger partial charge in [-0.2, -0.15) is 0 Å². The Kier molecular flexibility index (Phi) is 10.7. The molecule has 24 heavy (non-hydrogen) atoms. The van der Waals surface area contributed by atoms with E-state index in [0.29, 0.717) is 5.92 Å². The highest BCUT2D eigenvalue weighted by Gasteiger charge is 1.99. The molecule has 5 heteroatoms. The van der Waals surface area contributed by atoms with Crippen molar-refractivity contribution >= 4 is 5.96 Å². The van der Waals surface area contributed by atoms with E-state index in [1.807, 2.05) is 12.1 Å². The molecule has 0 saturated heterocycles. The van der Waals surface area contributed by atoms with Gasteiger partial charge in [-0.15, -0.1) is 0 Å². The Bertz CT molecular complexity index is 475. The maximum atomic E-state index is 5.57. The van der Waals surface area contributed by atoms with Crippen LogP contribution in [-0.2, 0) is 11.2 Å². The average molecular weight is 335 g/mol. The molecule has 0 heterocycles. The Labute approximate surface area is 146 Å². The molecule has 5 nitrogen and oxygen atoms in total. The van der Waals surface area contributed by atoms with Crippen LogP contribution in [0, 0.1) is 5.92 Å². The summed E-state index contributed by atoms with van der Waals surface area (Å²) >= 11 is 0. The third kappa shape index (κ3) is 9.40. The summed E-state index contributed by atoms with van der Waals surface area (Å²) in [5.74, 6) is 2.36. The zero-order valence-electron chi connectivity index (χ0n) is 15.6. The smallest absolute Gasteiger partial charge is 0.190 e. The van der Waals surface area contributed by atoms with Gasteiger partial charge in [0.2, 0.25) is 0 Å². The van der Waals surface area contributed by atoms with Crippen LogP contribution in [0.25, 0.3) is 0 Å². The van der Waals surface area contributed by atoms with E-state index in [0.717, 1.165) is 57.3 Å². The lowest BCUT2D eigenvalue weighted by Gasteiger charge is -2.12. The molecule has 0 radical (unpaired) electrons. The van der Waals surface area contributed by atoms with E-state index < -0.39 is 0 Å². The molecule has 0 aliphatic heterocycles. The van der Waals surface area contributed by atoms with E-state index in [2.05, 4.69) is 41.6 Å². The van der Waals surface area contributed by atoms with Crippen LogP contribution in [0.15, 0.2) is 29.3 Å². The highest BCUT2D eigenvalue weighted by Crippen LogP contribution is 2.13. The number of nitrogens with one attached hydrogen (secondary N) is 2. The van der Waals surface area contributed by atoms with E-state index >= 15 is 0 Å². The topological polar surface area (TPSA) is 54.9 Å². The van der Waals surface area contributed by atoms with E-state index in [1.165, 1.54) is 5.56 Å². The molecule has 1 aromatic carbocycles. The first kappa shape index (κ1) is 20.3. The number of aryl methyl sites for hydroxylation is 1.